The van der Waals surface area contributed by atoms with Crippen LogP contribution >= 0.6 is 21.6 Å². The van der Waals surface area contributed by atoms with Crippen LogP contribution in [0.3, 0.4) is 0 Å². The monoisotopic (exact) mass is 389 g/mol. The smallest absolute Gasteiger partial charge is 0.223 e. The summed E-state index contributed by atoms with van der Waals surface area (Å²) in [7, 11) is 4.04. The third-order valence-electron chi connectivity index (χ3n) is 5.44. The van der Waals surface area contributed by atoms with Gasteiger partial charge in [-0.15, -0.1) is 0 Å². The molecular weight excluding hydrogens is 362 g/mol. The van der Waals surface area contributed by atoms with Gasteiger partial charge >= 0.3 is 0 Å². The Labute approximate surface area is 163 Å². The molecule has 0 spiro atoms. The maximum atomic E-state index is 12.9. The SMILES string of the molecule is O=C(CCCC[C@H]1CCSS1)N1CCCC[C@@H]1c1nc2ccccc2[nH]1. The Balaban J connectivity index is 1.36. The van der Waals surface area contributed by atoms with Gasteiger partial charge in [0.1, 0.15) is 5.82 Å². The minimum absolute atomic E-state index is 0.116. The predicted molar refractivity (Wildman–Crippen MR) is 111 cm³/mol. The number of carbonyl (C=O) groups is 1. The number of fused-ring (bicyclic) bond motifs is 1. The van der Waals surface area contributed by atoms with E-state index in [2.05, 4.69) is 16.0 Å². The summed E-state index contributed by atoms with van der Waals surface area (Å²) in [5.74, 6) is 2.56. The molecule has 1 aromatic heterocycles. The lowest BCUT2D eigenvalue weighted by Gasteiger charge is -2.34. The highest BCUT2D eigenvalue weighted by Gasteiger charge is 2.29. The van der Waals surface area contributed by atoms with Gasteiger partial charge in [0, 0.05) is 24.0 Å². The molecule has 26 heavy (non-hydrogen) atoms. The molecule has 4 rings (SSSR count). The second kappa shape index (κ2) is 8.70. The number of nitrogens with one attached hydrogen (secondary N) is 1. The third-order valence-corrected chi connectivity index (χ3v) is 8.45. The van der Waals surface area contributed by atoms with Crippen LogP contribution in [0.4, 0.5) is 0 Å². The molecule has 1 aromatic carbocycles. The molecule has 6 heteroatoms. The molecule has 1 N–H and O–H groups in total. The fraction of sp³-hybridized carbons (Fsp3) is 0.600. The highest BCUT2D eigenvalue weighted by atomic mass is 33.1. The molecular formula is C20H27N3OS2. The second-order valence-corrected chi connectivity index (χ2v) is 10.1. The number of hydrogen-bond acceptors (Lipinski definition) is 4. The van der Waals surface area contributed by atoms with Crippen LogP contribution in [0.2, 0.25) is 0 Å². The molecule has 140 valence electrons. The first-order chi connectivity index (χ1) is 12.8. The first-order valence-electron chi connectivity index (χ1n) is 9.83. The van der Waals surface area contributed by atoms with Crippen molar-refractivity contribution in [2.24, 2.45) is 0 Å². The summed E-state index contributed by atoms with van der Waals surface area (Å²) >= 11 is 0. The molecule has 0 aliphatic carbocycles. The van der Waals surface area contributed by atoms with E-state index in [0.29, 0.717) is 12.3 Å². The minimum Gasteiger partial charge on any atom is -0.340 e. The lowest BCUT2D eigenvalue weighted by molar-refractivity contribution is -0.135. The molecule has 2 atom stereocenters. The number of piperidine rings is 1. The summed E-state index contributed by atoms with van der Waals surface area (Å²) in [6.45, 7) is 0.871. The number of likely N-dealkylation sites (tertiary alicyclic amines) is 1. The Morgan fingerprint density at radius 3 is 3.00 bits per heavy atom. The topological polar surface area (TPSA) is 49.0 Å². The number of rotatable bonds is 6. The highest BCUT2D eigenvalue weighted by molar-refractivity contribution is 8.77. The van der Waals surface area contributed by atoms with Gasteiger partial charge in [0.25, 0.3) is 0 Å². The van der Waals surface area contributed by atoms with Crippen LogP contribution in [-0.2, 0) is 4.79 Å². The van der Waals surface area contributed by atoms with Crippen LogP contribution in [-0.4, -0.2) is 38.3 Å². The molecule has 0 bridgehead atoms. The number of carbonyl (C=O) groups excluding carboxylic acids is 1. The van der Waals surface area contributed by atoms with E-state index in [0.717, 1.165) is 47.9 Å². The van der Waals surface area contributed by atoms with E-state index in [9.17, 15) is 4.79 Å². The van der Waals surface area contributed by atoms with Gasteiger partial charge in [-0.2, -0.15) is 0 Å². The Morgan fingerprint density at radius 1 is 1.23 bits per heavy atom. The number of aromatic amines is 1. The standard InChI is InChI=1S/C20H27N3OS2/c24-19(11-4-1-7-15-12-14-25-26-15)23-13-6-5-10-18(23)20-21-16-8-2-3-9-17(16)22-20/h2-3,8-9,15,18H,1,4-7,10-14H2,(H,21,22)/t15-,18+/m0/s1. The van der Waals surface area contributed by atoms with E-state index in [-0.39, 0.29) is 6.04 Å². The maximum absolute atomic E-state index is 12.9. The van der Waals surface area contributed by atoms with Gasteiger partial charge in [-0.25, -0.2) is 4.98 Å². The first-order valence-corrected chi connectivity index (χ1v) is 12.2. The fourth-order valence-corrected chi connectivity index (χ4v) is 7.03. The lowest BCUT2D eigenvalue weighted by Crippen LogP contribution is -2.38. The summed E-state index contributed by atoms with van der Waals surface area (Å²) in [6, 6.07) is 8.24. The summed E-state index contributed by atoms with van der Waals surface area (Å²) in [5.41, 5.74) is 2.06. The van der Waals surface area contributed by atoms with Gasteiger partial charge in [0.2, 0.25) is 5.91 Å². The Morgan fingerprint density at radius 2 is 2.15 bits per heavy atom. The van der Waals surface area contributed by atoms with Crippen LogP contribution < -0.4 is 0 Å². The molecule has 0 radical (unpaired) electrons. The van der Waals surface area contributed by atoms with E-state index < -0.39 is 0 Å². The van der Waals surface area contributed by atoms with Gasteiger partial charge in [-0.05, 0) is 50.7 Å². The molecule has 2 aliphatic rings. The normalized spacial score (nSPS) is 23.6. The Bertz CT molecular complexity index is 708. The number of aromatic nitrogens is 2. The van der Waals surface area contributed by atoms with Crippen LogP contribution in [0.15, 0.2) is 24.3 Å². The van der Waals surface area contributed by atoms with Crippen molar-refractivity contribution in [1.29, 1.82) is 0 Å². The second-order valence-electron chi connectivity index (χ2n) is 7.31. The van der Waals surface area contributed by atoms with Crippen molar-refractivity contribution in [1.82, 2.24) is 14.9 Å². The summed E-state index contributed by atoms with van der Waals surface area (Å²) in [6.07, 6.45) is 8.77. The van der Waals surface area contributed by atoms with Gasteiger partial charge in [-0.1, -0.05) is 40.1 Å². The molecule has 0 unspecified atom stereocenters. The zero-order valence-corrected chi connectivity index (χ0v) is 16.8. The van der Waals surface area contributed by atoms with Crippen molar-refractivity contribution < 1.29 is 4.79 Å². The quantitative estimate of drug-likeness (QED) is 0.536. The van der Waals surface area contributed by atoms with Crippen molar-refractivity contribution in [2.75, 3.05) is 12.3 Å². The van der Waals surface area contributed by atoms with E-state index in [1.165, 1.54) is 31.4 Å². The van der Waals surface area contributed by atoms with Gasteiger partial charge < -0.3 is 9.88 Å². The van der Waals surface area contributed by atoms with Crippen LogP contribution in [0.1, 0.15) is 63.2 Å². The van der Waals surface area contributed by atoms with Crippen molar-refractivity contribution in [2.45, 2.75) is 62.7 Å². The van der Waals surface area contributed by atoms with Gasteiger partial charge in [-0.3, -0.25) is 4.79 Å². The van der Waals surface area contributed by atoms with Crippen molar-refractivity contribution in [3.8, 4) is 0 Å². The molecule has 4 nitrogen and oxygen atoms in total. The number of para-hydroxylation sites is 2. The molecule has 3 heterocycles. The number of amides is 1. The molecule has 2 aromatic rings. The highest BCUT2D eigenvalue weighted by Crippen LogP contribution is 2.40. The van der Waals surface area contributed by atoms with Crippen molar-refractivity contribution >= 4 is 38.5 Å². The number of benzene rings is 1. The number of hydrogen-bond donors (Lipinski definition) is 1. The predicted octanol–water partition coefficient (Wildman–Crippen LogP) is 5.33. The number of unbranched alkanes of at least 4 members (excludes halogenated alkanes) is 1. The lowest BCUT2D eigenvalue weighted by atomic mass is 10.0. The van der Waals surface area contributed by atoms with E-state index >= 15 is 0 Å². The van der Waals surface area contributed by atoms with Gasteiger partial charge in [0.05, 0.1) is 17.1 Å². The third kappa shape index (κ3) is 4.22. The molecule has 1 amide bonds. The molecule has 0 saturated carbocycles. The first kappa shape index (κ1) is 18.2. The average Bonchev–Trinajstić information content (AvgIpc) is 3.34. The number of H-pyrrole nitrogens is 1. The summed E-state index contributed by atoms with van der Waals surface area (Å²) < 4.78 is 0. The summed E-state index contributed by atoms with van der Waals surface area (Å²) in [4.78, 5) is 23.2. The van der Waals surface area contributed by atoms with Crippen molar-refractivity contribution in [3.63, 3.8) is 0 Å². The van der Waals surface area contributed by atoms with E-state index in [4.69, 9.17) is 4.98 Å². The number of nitrogens with zero attached hydrogens (tertiary/aromatic N) is 2. The Hall–Kier alpha value is -1.14. The average molecular weight is 390 g/mol. The zero-order valence-electron chi connectivity index (χ0n) is 15.2. The van der Waals surface area contributed by atoms with E-state index in [1.54, 1.807) is 0 Å². The zero-order chi connectivity index (χ0) is 17.8. The largest absolute Gasteiger partial charge is 0.340 e. The molecule has 2 aliphatic heterocycles. The summed E-state index contributed by atoms with van der Waals surface area (Å²) in [5, 5.41) is 0.813. The maximum Gasteiger partial charge on any atom is 0.223 e. The molecule has 2 saturated heterocycles. The minimum atomic E-state index is 0.116. The Kier molecular flexibility index (Phi) is 6.10. The van der Waals surface area contributed by atoms with Crippen molar-refractivity contribution in [3.05, 3.63) is 30.1 Å². The van der Waals surface area contributed by atoms with Crippen LogP contribution in [0.5, 0.6) is 0 Å². The molecule has 2 fully saturated rings. The fourth-order valence-electron chi connectivity index (χ4n) is 4.00. The van der Waals surface area contributed by atoms with E-state index in [1.807, 2.05) is 39.8 Å². The van der Waals surface area contributed by atoms with Gasteiger partial charge in [0.15, 0.2) is 0 Å². The number of imidazole rings is 1. The van der Waals surface area contributed by atoms with Crippen LogP contribution in [0, 0.1) is 0 Å². The van der Waals surface area contributed by atoms with Crippen LogP contribution in [0.25, 0.3) is 11.0 Å².